The first-order valence-corrected chi connectivity index (χ1v) is 11.7. The number of halogens is 2. The highest BCUT2D eigenvalue weighted by atomic mass is 19.1. The third-order valence-electron chi connectivity index (χ3n) is 5.97. The van der Waals surface area contributed by atoms with Gasteiger partial charge in [0.15, 0.2) is 0 Å². The molecule has 1 aliphatic heterocycles. The molecule has 3 heterocycles. The Kier molecular flexibility index (Phi) is 8.36. The molecular weight excluding hydrogens is 486 g/mol. The number of hydrogen-bond donors (Lipinski definition) is 3. The van der Waals surface area contributed by atoms with Gasteiger partial charge in [-0.1, -0.05) is 12.2 Å². The Hall–Kier alpha value is -3.96. The molecule has 1 saturated heterocycles. The van der Waals surface area contributed by atoms with Gasteiger partial charge in [-0.3, -0.25) is 14.6 Å². The topological polar surface area (TPSA) is 123 Å². The second-order valence-electron chi connectivity index (χ2n) is 8.49. The second-order valence-corrected chi connectivity index (χ2v) is 8.49. The minimum Gasteiger partial charge on any atom is -0.481 e. The predicted molar refractivity (Wildman–Crippen MR) is 132 cm³/mol. The van der Waals surface area contributed by atoms with Crippen molar-refractivity contribution in [3.63, 3.8) is 0 Å². The molecule has 3 atom stereocenters. The van der Waals surface area contributed by atoms with Crippen molar-refractivity contribution in [2.75, 3.05) is 19.0 Å². The van der Waals surface area contributed by atoms with Crippen LogP contribution in [0.4, 0.5) is 14.5 Å². The lowest BCUT2D eigenvalue weighted by Crippen LogP contribution is -2.50. The smallest absolute Gasteiger partial charge is 0.306 e. The highest BCUT2D eigenvalue weighted by molar-refractivity contribution is 6.01. The van der Waals surface area contributed by atoms with Crippen molar-refractivity contribution < 1.29 is 33.0 Å². The molecule has 1 amide bonds. The third-order valence-corrected chi connectivity index (χ3v) is 5.97. The van der Waals surface area contributed by atoms with Gasteiger partial charge in [-0.05, 0) is 43.2 Å². The fraction of sp³-hybridized carbons (Fsp3) is 0.308. The lowest BCUT2D eigenvalue weighted by atomic mass is 9.95. The Morgan fingerprint density at radius 2 is 2.05 bits per heavy atom. The van der Waals surface area contributed by atoms with Crippen LogP contribution in [0.1, 0.15) is 24.8 Å². The Labute approximate surface area is 211 Å². The summed E-state index contributed by atoms with van der Waals surface area (Å²) in [5.41, 5.74) is 1.56. The number of ether oxygens (including phenoxy) is 2. The summed E-state index contributed by atoms with van der Waals surface area (Å²) in [5.74, 6) is -2.21. The number of carboxylic acid groups (broad SMARTS) is 1. The SMILES string of the molecule is COc1ccc2nccc(NC(=O)[C@@H]3CC[C@@H](NC/C=C/c4cc(F)ccc4F)[C@@H](CC(=O)O)O3)c2n1. The number of benzene rings is 1. The summed E-state index contributed by atoms with van der Waals surface area (Å²) >= 11 is 0. The lowest BCUT2D eigenvalue weighted by Gasteiger charge is -2.35. The van der Waals surface area contributed by atoms with Crippen LogP contribution in [0.25, 0.3) is 17.1 Å². The number of amides is 1. The molecule has 1 aliphatic rings. The standard InChI is InChI=1S/C26H26F2N4O5/c1-36-23-9-7-19-25(32-23)20(10-12-30-19)31-26(35)21-8-6-18(22(37-21)14-24(33)34)29-11-2-3-15-13-16(27)4-5-17(15)28/h2-5,7,9-10,12-13,18,21-22,29H,6,8,11,14H2,1H3,(H,33,34)(H,30,31,35)/b3-2+/t18-,21+,22-/m1/s1. The summed E-state index contributed by atoms with van der Waals surface area (Å²) in [6.45, 7) is 0.271. The zero-order chi connectivity index (χ0) is 26.4. The number of nitrogens with zero attached hydrogens (tertiary/aromatic N) is 2. The predicted octanol–water partition coefficient (Wildman–Crippen LogP) is 3.55. The molecule has 194 valence electrons. The first kappa shape index (κ1) is 26.1. The van der Waals surface area contributed by atoms with E-state index in [1.807, 2.05) is 0 Å². The molecule has 0 bridgehead atoms. The molecule has 0 aliphatic carbocycles. The van der Waals surface area contributed by atoms with Crippen molar-refractivity contribution >= 4 is 34.7 Å². The lowest BCUT2D eigenvalue weighted by molar-refractivity contribution is -0.151. The van der Waals surface area contributed by atoms with Crippen molar-refractivity contribution in [2.45, 2.75) is 37.5 Å². The Bertz CT molecular complexity index is 1320. The zero-order valence-corrected chi connectivity index (χ0v) is 20.0. The quantitative estimate of drug-likeness (QED) is 0.398. The molecule has 4 rings (SSSR count). The van der Waals surface area contributed by atoms with Gasteiger partial charge in [0.1, 0.15) is 23.3 Å². The average Bonchev–Trinajstić information content (AvgIpc) is 2.88. The molecule has 3 aromatic rings. The number of anilines is 1. The van der Waals surface area contributed by atoms with Crippen LogP contribution in [0.3, 0.4) is 0 Å². The van der Waals surface area contributed by atoms with Gasteiger partial charge < -0.3 is 25.2 Å². The molecule has 1 fully saturated rings. The van der Waals surface area contributed by atoms with Crippen molar-refractivity contribution in [3.05, 3.63) is 65.9 Å². The number of methoxy groups -OCH3 is 1. The number of hydrogen-bond acceptors (Lipinski definition) is 7. The number of fused-ring (bicyclic) bond motifs is 1. The highest BCUT2D eigenvalue weighted by Crippen LogP contribution is 2.26. The van der Waals surface area contributed by atoms with Crippen LogP contribution in [0.5, 0.6) is 5.88 Å². The second kappa shape index (κ2) is 11.8. The molecule has 37 heavy (non-hydrogen) atoms. The maximum Gasteiger partial charge on any atom is 0.306 e. The van der Waals surface area contributed by atoms with Crippen LogP contribution in [0.15, 0.2) is 48.7 Å². The molecule has 11 heteroatoms. The number of nitrogens with one attached hydrogen (secondary N) is 2. The van der Waals surface area contributed by atoms with Gasteiger partial charge in [0.2, 0.25) is 5.88 Å². The van der Waals surface area contributed by atoms with Gasteiger partial charge in [0, 0.05) is 30.4 Å². The van der Waals surface area contributed by atoms with E-state index in [1.54, 1.807) is 30.5 Å². The van der Waals surface area contributed by atoms with E-state index in [0.29, 0.717) is 35.4 Å². The number of carbonyl (C=O) groups is 2. The van der Waals surface area contributed by atoms with Crippen molar-refractivity contribution in [3.8, 4) is 5.88 Å². The molecule has 3 N–H and O–H groups in total. The summed E-state index contributed by atoms with van der Waals surface area (Å²) in [6.07, 6.45) is 3.49. The number of aliphatic carboxylic acids is 1. The molecular formula is C26H26F2N4O5. The van der Waals surface area contributed by atoms with E-state index in [0.717, 1.165) is 18.2 Å². The maximum absolute atomic E-state index is 13.8. The Morgan fingerprint density at radius 3 is 2.84 bits per heavy atom. The van der Waals surface area contributed by atoms with E-state index in [9.17, 15) is 23.5 Å². The Morgan fingerprint density at radius 1 is 1.22 bits per heavy atom. The van der Waals surface area contributed by atoms with Crippen LogP contribution in [-0.2, 0) is 14.3 Å². The molecule has 9 nitrogen and oxygen atoms in total. The number of aromatic nitrogens is 2. The van der Waals surface area contributed by atoms with Gasteiger partial charge in [-0.2, -0.15) is 0 Å². The van der Waals surface area contributed by atoms with E-state index in [1.165, 1.54) is 13.2 Å². The number of carbonyl (C=O) groups excluding carboxylic acids is 1. The van der Waals surface area contributed by atoms with Crippen LogP contribution in [0.2, 0.25) is 0 Å². The molecule has 0 spiro atoms. The number of rotatable bonds is 9. The van der Waals surface area contributed by atoms with Gasteiger partial charge in [0.25, 0.3) is 5.91 Å². The first-order chi connectivity index (χ1) is 17.8. The van der Waals surface area contributed by atoms with Crippen LogP contribution in [-0.4, -0.2) is 58.9 Å². The average molecular weight is 513 g/mol. The van der Waals surface area contributed by atoms with Crippen molar-refractivity contribution in [1.82, 2.24) is 15.3 Å². The molecule has 0 radical (unpaired) electrons. The summed E-state index contributed by atoms with van der Waals surface area (Å²) < 4.78 is 38.2. The molecule has 0 saturated carbocycles. The first-order valence-electron chi connectivity index (χ1n) is 11.7. The largest absolute Gasteiger partial charge is 0.481 e. The number of carboxylic acids is 1. The van der Waals surface area contributed by atoms with Gasteiger partial charge in [0.05, 0.1) is 30.8 Å². The molecule has 2 aromatic heterocycles. The van der Waals surface area contributed by atoms with Gasteiger partial charge >= 0.3 is 5.97 Å². The fourth-order valence-corrected chi connectivity index (χ4v) is 4.16. The third kappa shape index (κ3) is 6.63. The van der Waals surface area contributed by atoms with Crippen LogP contribution in [0, 0.1) is 11.6 Å². The fourth-order valence-electron chi connectivity index (χ4n) is 4.16. The summed E-state index contributed by atoms with van der Waals surface area (Å²) in [5, 5.41) is 15.3. The van der Waals surface area contributed by atoms with E-state index in [-0.39, 0.29) is 24.6 Å². The minimum atomic E-state index is -1.06. The minimum absolute atomic E-state index is 0.108. The number of pyridine rings is 2. The molecule has 1 aromatic carbocycles. The van der Waals surface area contributed by atoms with E-state index >= 15 is 0 Å². The van der Waals surface area contributed by atoms with Gasteiger partial charge in [-0.25, -0.2) is 13.8 Å². The van der Waals surface area contributed by atoms with E-state index < -0.39 is 35.7 Å². The molecule has 0 unspecified atom stereocenters. The Balaban J connectivity index is 1.40. The highest BCUT2D eigenvalue weighted by Gasteiger charge is 2.35. The summed E-state index contributed by atoms with van der Waals surface area (Å²) in [4.78, 5) is 33.1. The van der Waals surface area contributed by atoms with E-state index in [2.05, 4.69) is 20.6 Å². The maximum atomic E-state index is 13.8. The van der Waals surface area contributed by atoms with Crippen LogP contribution < -0.4 is 15.4 Å². The van der Waals surface area contributed by atoms with Crippen LogP contribution >= 0.6 is 0 Å². The van der Waals surface area contributed by atoms with Gasteiger partial charge in [-0.15, -0.1) is 0 Å². The van der Waals surface area contributed by atoms with E-state index in [4.69, 9.17) is 9.47 Å². The monoisotopic (exact) mass is 512 g/mol. The van der Waals surface area contributed by atoms with Crippen molar-refractivity contribution in [2.24, 2.45) is 0 Å². The summed E-state index contributed by atoms with van der Waals surface area (Å²) in [7, 11) is 1.49. The normalized spacial score (nSPS) is 19.7. The summed E-state index contributed by atoms with van der Waals surface area (Å²) in [6, 6.07) is 7.83. The zero-order valence-electron chi connectivity index (χ0n) is 20.0. The van der Waals surface area contributed by atoms with Crippen molar-refractivity contribution in [1.29, 1.82) is 0 Å².